The molecule has 0 saturated carbocycles. The van der Waals surface area contributed by atoms with Crippen LogP contribution in [0.5, 0.6) is 0 Å². The first-order valence-corrected chi connectivity index (χ1v) is 39.5. The van der Waals surface area contributed by atoms with Crippen LogP contribution in [0.1, 0.15) is 128 Å². The molecule has 0 aliphatic carbocycles. The van der Waals surface area contributed by atoms with Crippen LogP contribution in [0.25, 0.3) is 32.9 Å². The molecule has 0 radical (unpaired) electrons. The standard InChI is InChI=1S/C15H24N2.C14H19N3O.C12H19N3.C11H18N4.C10H18N2.C8H6N2O.C8H6N2.C5H12.C4H10/c1-13(2)17-10-8-16(9-11-17)12-15-6-4-14(3)5-7-15;1-11(2)16-7-9-17(10-8-16)14-15-12-5-3-4-6-13(12)18-14;1-11(2)14-7-9-15(10-8-14)12-5-3-4-6-13-12;1-10(2)14-6-8-15(9-7-14)11-12-4-3-5-13-11;1-4-5-11-6-8-12(9-7-11)10(2)3;11-8-6-3-1-2-4-7(6)9-5-10-8;1-2-4-8-7(3-1)5-9-6-10-8;1-4-5(2)3;1-4(2)3/h4-7,13H,8-12H2,1-3H3;3-6,11H,7-10H2,1-2H3;3-6,11H,7-10H2,1-2H3;3-5,10H,6-9H2,1-2H3;1,10H,5-9H2,2-3H3;1-5H,(H,9,10,11);1-6H;5H,4H2,1-3H3;4H,1-3H3. The lowest BCUT2D eigenvalue weighted by Gasteiger charge is -2.37. The maximum absolute atomic E-state index is 11.1. The van der Waals surface area contributed by atoms with Gasteiger partial charge in [-0.3, -0.25) is 39.1 Å². The van der Waals surface area contributed by atoms with E-state index >= 15 is 0 Å². The van der Waals surface area contributed by atoms with Crippen LogP contribution in [-0.2, 0) is 6.54 Å². The Kier molecular flexibility index (Phi) is 39.5. The largest absolute Gasteiger partial charge is 0.423 e. The average molecular weight is 1460 g/mol. The second-order valence-electron chi connectivity index (χ2n) is 30.4. The van der Waals surface area contributed by atoms with Crippen molar-refractivity contribution >= 4 is 50.7 Å². The molecule has 5 fully saturated rings. The van der Waals surface area contributed by atoms with Crippen molar-refractivity contribution in [2.24, 2.45) is 11.8 Å². The number of nitrogens with zero attached hydrogens (tertiary/aromatic N) is 17. The zero-order valence-electron chi connectivity index (χ0n) is 68.3. The Balaban J connectivity index is 0.000000193. The minimum absolute atomic E-state index is 0.0874. The van der Waals surface area contributed by atoms with Crippen molar-refractivity contribution in [2.75, 3.05) is 152 Å². The summed E-state index contributed by atoms with van der Waals surface area (Å²) in [4.78, 5) is 67.3. The van der Waals surface area contributed by atoms with Gasteiger partial charge >= 0.3 is 0 Å². The van der Waals surface area contributed by atoms with Gasteiger partial charge in [-0.15, -0.1) is 6.42 Å². The summed E-state index contributed by atoms with van der Waals surface area (Å²) in [6.07, 6.45) is 16.8. The summed E-state index contributed by atoms with van der Waals surface area (Å²) in [6, 6.07) is 44.0. The van der Waals surface area contributed by atoms with Crippen molar-refractivity contribution in [1.82, 2.24) is 74.2 Å². The lowest BCUT2D eigenvalue weighted by molar-refractivity contribution is 0.104. The van der Waals surface area contributed by atoms with Gasteiger partial charge in [-0.1, -0.05) is 132 Å². The minimum atomic E-state index is -0.0874. The normalized spacial score (nSPS) is 16.3. The number of oxazole rings is 1. The molecule has 5 aromatic heterocycles. The highest BCUT2D eigenvalue weighted by molar-refractivity contribution is 5.77. The number of H-pyrrole nitrogens is 1. The fourth-order valence-electron chi connectivity index (χ4n) is 12.2. The molecule has 0 spiro atoms. The molecule has 20 heteroatoms. The SMILES string of the molecule is C#CCN1CCN(C(C)C)CC1.CC(C)C.CC(C)N1CCN(c2ccccn2)CC1.CC(C)N1CCN(c2nc3ccccc3o2)CC1.CC(C)N1CCN(c2ncccn2)CC1.CCC(C)C.Cc1ccc(CN2CCN(C(C)C)CC2)cc1.O=c1[nH]cnc2ccccc12.c1ccc2ncncc2c1. The van der Waals surface area contributed by atoms with Crippen LogP contribution < -0.4 is 20.3 Å². The molecule has 9 aromatic rings. The third-order valence-electron chi connectivity index (χ3n) is 19.4. The number of hydrogen-bond acceptors (Lipinski definition) is 19. The number of benzene rings is 4. The van der Waals surface area contributed by atoms with Gasteiger partial charge in [-0.05, 0) is 142 Å². The zero-order valence-corrected chi connectivity index (χ0v) is 68.3. The fraction of sp³-hybridized carbons (Fsp3) is 0.540. The van der Waals surface area contributed by atoms with Gasteiger partial charge in [-0.25, -0.2) is 29.9 Å². The third-order valence-corrected chi connectivity index (χ3v) is 19.4. The molecule has 0 amide bonds. The lowest BCUT2D eigenvalue weighted by Crippen LogP contribution is -2.49. The minimum Gasteiger partial charge on any atom is -0.423 e. The molecule has 5 saturated heterocycles. The quantitative estimate of drug-likeness (QED) is 0.115. The van der Waals surface area contributed by atoms with Crippen molar-refractivity contribution in [3.8, 4) is 12.3 Å². The Morgan fingerprint density at radius 1 is 0.467 bits per heavy atom. The number of aromatic nitrogens is 8. The molecule has 0 atom stereocenters. The van der Waals surface area contributed by atoms with Crippen molar-refractivity contribution in [3.63, 3.8) is 0 Å². The number of fused-ring (bicyclic) bond motifs is 3. The second kappa shape index (κ2) is 48.2. The van der Waals surface area contributed by atoms with Crippen LogP contribution in [0, 0.1) is 31.1 Å². The van der Waals surface area contributed by atoms with Gasteiger partial charge in [0.05, 0.1) is 29.3 Å². The first-order valence-electron chi connectivity index (χ1n) is 39.5. The number of terminal acetylenes is 1. The van der Waals surface area contributed by atoms with E-state index in [1.54, 1.807) is 24.8 Å². The number of aryl methyl sites for hydroxylation is 1. The van der Waals surface area contributed by atoms with Gasteiger partial charge in [0.25, 0.3) is 11.6 Å². The Bertz CT molecular complexity index is 3710. The molecule has 14 rings (SSSR count). The molecule has 10 heterocycles. The summed E-state index contributed by atoms with van der Waals surface area (Å²) < 4.78 is 5.80. The molecule has 5 aliphatic heterocycles. The van der Waals surface area contributed by atoms with E-state index in [1.165, 1.54) is 63.1 Å². The summed E-state index contributed by atoms with van der Waals surface area (Å²) >= 11 is 0. The van der Waals surface area contributed by atoms with Crippen LogP contribution in [0.2, 0.25) is 0 Å². The number of para-hydroxylation sites is 4. The molecular formula is C87H132N18O2. The number of rotatable bonds is 12. The van der Waals surface area contributed by atoms with Crippen LogP contribution in [-0.4, -0.2) is 242 Å². The molecule has 5 aliphatic rings. The number of nitrogens with one attached hydrogen (secondary N) is 1. The smallest absolute Gasteiger partial charge is 0.298 e. The molecule has 20 nitrogen and oxygen atoms in total. The van der Waals surface area contributed by atoms with Crippen molar-refractivity contribution in [3.05, 3.63) is 180 Å². The molecule has 582 valence electrons. The Morgan fingerprint density at radius 2 is 0.916 bits per heavy atom. The number of hydrogen-bond donors (Lipinski definition) is 1. The Morgan fingerprint density at radius 3 is 1.39 bits per heavy atom. The van der Waals surface area contributed by atoms with Gasteiger partial charge in [0.1, 0.15) is 17.7 Å². The van der Waals surface area contributed by atoms with E-state index in [4.69, 9.17) is 10.8 Å². The maximum atomic E-state index is 11.1. The van der Waals surface area contributed by atoms with Gasteiger partial charge in [0.2, 0.25) is 5.95 Å². The van der Waals surface area contributed by atoms with E-state index in [9.17, 15) is 4.79 Å². The van der Waals surface area contributed by atoms with E-state index in [0.717, 1.165) is 162 Å². The average Bonchev–Trinajstić information content (AvgIpc) is 1.69. The Labute approximate surface area is 643 Å². The number of anilines is 3. The van der Waals surface area contributed by atoms with Gasteiger partial charge in [-0.2, -0.15) is 4.98 Å². The summed E-state index contributed by atoms with van der Waals surface area (Å²) in [5.74, 6) is 6.38. The summed E-state index contributed by atoms with van der Waals surface area (Å²) in [7, 11) is 0. The second-order valence-corrected chi connectivity index (χ2v) is 30.4. The lowest BCUT2D eigenvalue weighted by atomic mass is 10.1. The summed E-state index contributed by atoms with van der Waals surface area (Å²) in [5.41, 5.74) is 6.24. The zero-order chi connectivity index (χ0) is 77.5. The highest BCUT2D eigenvalue weighted by Crippen LogP contribution is 2.24. The molecule has 107 heavy (non-hydrogen) atoms. The van der Waals surface area contributed by atoms with Gasteiger partial charge in [0.15, 0.2) is 5.58 Å². The molecule has 4 aromatic carbocycles. The first kappa shape index (κ1) is 87.6. The Hall–Kier alpha value is -8.26. The predicted molar refractivity (Wildman–Crippen MR) is 450 cm³/mol. The van der Waals surface area contributed by atoms with Crippen LogP contribution >= 0.6 is 0 Å². The topological polar surface area (TPSA) is 169 Å². The summed E-state index contributed by atoms with van der Waals surface area (Å²) in [6.45, 7) is 62.1. The monoisotopic (exact) mass is 1460 g/mol. The van der Waals surface area contributed by atoms with Gasteiger partial charge in [0, 0.05) is 198 Å². The maximum Gasteiger partial charge on any atom is 0.298 e. The fourth-order valence-corrected chi connectivity index (χ4v) is 12.2. The number of piperazine rings is 5. The van der Waals surface area contributed by atoms with E-state index < -0.39 is 0 Å². The van der Waals surface area contributed by atoms with Crippen molar-refractivity contribution < 1.29 is 4.42 Å². The van der Waals surface area contributed by atoms with Crippen molar-refractivity contribution in [1.29, 1.82) is 0 Å². The highest BCUT2D eigenvalue weighted by Gasteiger charge is 2.25. The summed E-state index contributed by atoms with van der Waals surface area (Å²) in [5, 5.41) is 1.72. The number of aromatic amines is 1. The third kappa shape index (κ3) is 32.2. The van der Waals surface area contributed by atoms with Crippen molar-refractivity contribution in [2.45, 2.75) is 161 Å². The van der Waals surface area contributed by atoms with E-state index in [1.807, 2.05) is 91.3 Å². The molecular weight excluding hydrogens is 1330 g/mol. The van der Waals surface area contributed by atoms with E-state index in [2.05, 4.69) is 249 Å². The molecule has 0 bridgehead atoms. The van der Waals surface area contributed by atoms with Crippen LogP contribution in [0.15, 0.2) is 168 Å². The van der Waals surface area contributed by atoms with Crippen LogP contribution in [0.4, 0.5) is 17.8 Å². The number of pyridine rings is 1. The van der Waals surface area contributed by atoms with Crippen LogP contribution in [0.3, 0.4) is 0 Å². The highest BCUT2D eigenvalue weighted by atomic mass is 16.4. The predicted octanol–water partition coefficient (Wildman–Crippen LogP) is 14.4. The van der Waals surface area contributed by atoms with Gasteiger partial charge < -0.3 is 24.1 Å². The van der Waals surface area contributed by atoms with E-state index in [-0.39, 0.29) is 5.56 Å². The molecule has 0 unspecified atom stereocenters. The van der Waals surface area contributed by atoms with E-state index in [0.29, 0.717) is 35.6 Å². The first-order chi connectivity index (χ1) is 51.5. The molecule has 1 N–H and O–H groups in total.